The number of halogens is 1. The molecule has 0 aliphatic rings. The quantitative estimate of drug-likeness (QED) is 0.679. The van der Waals surface area contributed by atoms with Crippen LogP contribution in [0.1, 0.15) is 4.88 Å². The first-order valence-corrected chi connectivity index (χ1v) is 10.9. The fourth-order valence-corrected chi connectivity index (χ4v) is 4.96. The van der Waals surface area contributed by atoms with Crippen LogP contribution in [0.25, 0.3) is 10.6 Å². The molecule has 0 aliphatic heterocycles. The Kier molecular flexibility index (Phi) is 5.24. The fraction of sp³-hybridized carbons (Fsp3) is 0.125. The molecule has 0 spiro atoms. The number of carbonyl (C=O) groups is 1. The maximum atomic E-state index is 12.3. The highest BCUT2D eigenvalue weighted by molar-refractivity contribution is 7.92. The van der Waals surface area contributed by atoms with Gasteiger partial charge in [0.15, 0.2) is 15.0 Å². The number of hydrogen-bond donors (Lipinski definition) is 1. The zero-order valence-electron chi connectivity index (χ0n) is 13.0. The van der Waals surface area contributed by atoms with E-state index in [1.165, 1.54) is 40.5 Å². The molecule has 1 amide bonds. The highest BCUT2D eigenvalue weighted by Gasteiger charge is 2.20. The van der Waals surface area contributed by atoms with Gasteiger partial charge < -0.3 is 5.32 Å². The number of thiophene rings is 1. The number of nitrogens with one attached hydrogen (secondary N) is 1. The van der Waals surface area contributed by atoms with Gasteiger partial charge in [0.05, 0.1) is 15.5 Å². The van der Waals surface area contributed by atoms with Crippen LogP contribution in [0.5, 0.6) is 0 Å². The maximum absolute atomic E-state index is 12.3. The molecule has 9 heteroatoms. The fourth-order valence-electron chi connectivity index (χ4n) is 2.07. The third kappa shape index (κ3) is 4.46. The van der Waals surface area contributed by atoms with Gasteiger partial charge in [-0.3, -0.25) is 4.79 Å². The number of anilines is 1. The minimum atomic E-state index is -3.73. The van der Waals surface area contributed by atoms with Gasteiger partial charge in [-0.05, 0) is 43.3 Å². The molecule has 0 atom stereocenters. The van der Waals surface area contributed by atoms with E-state index in [4.69, 9.17) is 11.6 Å². The van der Waals surface area contributed by atoms with Crippen LogP contribution in [0.3, 0.4) is 0 Å². The lowest BCUT2D eigenvalue weighted by Crippen LogP contribution is -2.22. The molecule has 5 nitrogen and oxygen atoms in total. The number of aromatic nitrogens is 1. The van der Waals surface area contributed by atoms with Crippen LogP contribution < -0.4 is 5.32 Å². The zero-order chi connectivity index (χ0) is 18.0. The largest absolute Gasteiger partial charge is 0.301 e. The first kappa shape index (κ1) is 18.1. The van der Waals surface area contributed by atoms with Crippen molar-refractivity contribution in [1.29, 1.82) is 0 Å². The topological polar surface area (TPSA) is 76.1 Å². The molecule has 130 valence electrons. The number of aryl methyl sites for hydroxylation is 1. The average Bonchev–Trinajstić information content (AvgIpc) is 3.16. The van der Waals surface area contributed by atoms with Gasteiger partial charge >= 0.3 is 0 Å². The molecule has 1 aromatic carbocycles. The van der Waals surface area contributed by atoms with E-state index in [1.54, 1.807) is 11.3 Å². The monoisotopic (exact) mass is 412 g/mol. The Morgan fingerprint density at radius 2 is 1.92 bits per heavy atom. The van der Waals surface area contributed by atoms with Gasteiger partial charge in [-0.25, -0.2) is 13.4 Å². The van der Waals surface area contributed by atoms with Gasteiger partial charge in [0.1, 0.15) is 5.75 Å². The van der Waals surface area contributed by atoms with Gasteiger partial charge in [-0.2, -0.15) is 0 Å². The Hall–Kier alpha value is -1.74. The third-order valence-corrected chi connectivity index (χ3v) is 6.90. The van der Waals surface area contributed by atoms with Crippen LogP contribution in [0.15, 0.2) is 46.7 Å². The van der Waals surface area contributed by atoms with Gasteiger partial charge in [-0.1, -0.05) is 11.6 Å². The standard InChI is InChI=1S/C16H13ClN2O3S3/c1-10-2-7-14(24-10)13-8-23-16(18-13)19-15(20)9-25(21,22)12-5-3-11(17)4-6-12/h2-8H,9H2,1H3,(H,18,19,20). The Morgan fingerprint density at radius 1 is 1.20 bits per heavy atom. The van der Waals surface area contributed by atoms with Crippen molar-refractivity contribution in [3.05, 3.63) is 51.7 Å². The molecule has 1 N–H and O–H groups in total. The van der Waals surface area contributed by atoms with Gasteiger partial charge in [0.25, 0.3) is 0 Å². The summed E-state index contributed by atoms with van der Waals surface area (Å²) in [5.74, 6) is -1.28. The number of thiazole rings is 1. The van der Waals surface area contributed by atoms with Gasteiger partial charge in [-0.15, -0.1) is 22.7 Å². The molecular weight excluding hydrogens is 400 g/mol. The number of amides is 1. The molecule has 3 rings (SSSR count). The van der Waals surface area contributed by atoms with Gasteiger partial charge in [0.2, 0.25) is 5.91 Å². The molecule has 0 fully saturated rings. The van der Waals surface area contributed by atoms with Crippen molar-refractivity contribution >= 4 is 55.2 Å². The SMILES string of the molecule is Cc1ccc(-c2csc(NC(=O)CS(=O)(=O)c3ccc(Cl)cc3)n2)s1. The van der Waals surface area contributed by atoms with Crippen molar-refractivity contribution in [2.24, 2.45) is 0 Å². The summed E-state index contributed by atoms with van der Waals surface area (Å²) < 4.78 is 24.5. The predicted octanol–water partition coefficient (Wildman–Crippen LogP) is 4.25. The summed E-state index contributed by atoms with van der Waals surface area (Å²) in [6.45, 7) is 2.00. The maximum Gasteiger partial charge on any atom is 0.241 e. The second-order valence-corrected chi connectivity index (χ2v) is 9.78. The van der Waals surface area contributed by atoms with Crippen LogP contribution in [-0.4, -0.2) is 25.1 Å². The molecule has 3 aromatic rings. The molecule has 0 radical (unpaired) electrons. The van der Waals surface area contributed by atoms with Crippen LogP contribution >= 0.6 is 34.3 Å². The summed E-state index contributed by atoms with van der Waals surface area (Å²) in [4.78, 5) is 18.6. The molecule has 2 heterocycles. The number of nitrogens with zero attached hydrogens (tertiary/aromatic N) is 1. The van der Waals surface area contributed by atoms with Crippen LogP contribution in [0, 0.1) is 6.92 Å². The van der Waals surface area contributed by atoms with Crippen molar-refractivity contribution in [3.63, 3.8) is 0 Å². The van der Waals surface area contributed by atoms with Crippen molar-refractivity contribution in [2.45, 2.75) is 11.8 Å². The lowest BCUT2D eigenvalue weighted by molar-refractivity contribution is -0.113. The highest BCUT2D eigenvalue weighted by Crippen LogP contribution is 2.30. The number of sulfone groups is 1. The lowest BCUT2D eigenvalue weighted by Gasteiger charge is -2.04. The van der Waals surface area contributed by atoms with E-state index in [-0.39, 0.29) is 4.90 Å². The van der Waals surface area contributed by atoms with E-state index in [0.29, 0.717) is 10.2 Å². The van der Waals surface area contributed by atoms with Crippen LogP contribution in [0.2, 0.25) is 5.02 Å². The smallest absolute Gasteiger partial charge is 0.241 e. The zero-order valence-corrected chi connectivity index (χ0v) is 16.2. The minimum Gasteiger partial charge on any atom is -0.301 e. The molecule has 2 aromatic heterocycles. The van der Waals surface area contributed by atoms with E-state index >= 15 is 0 Å². The molecule has 0 aliphatic carbocycles. The van der Waals surface area contributed by atoms with Crippen LogP contribution in [0.4, 0.5) is 5.13 Å². The molecular formula is C16H13ClN2O3S3. The summed E-state index contributed by atoms with van der Waals surface area (Å²) in [5.41, 5.74) is 0.763. The average molecular weight is 413 g/mol. The van der Waals surface area contributed by atoms with Gasteiger partial charge in [0, 0.05) is 15.3 Å². The Morgan fingerprint density at radius 3 is 2.56 bits per heavy atom. The molecule has 0 saturated carbocycles. The molecule has 0 saturated heterocycles. The van der Waals surface area contributed by atoms with E-state index in [1.807, 2.05) is 24.4 Å². The van der Waals surface area contributed by atoms with E-state index in [0.717, 1.165) is 10.6 Å². The molecule has 0 bridgehead atoms. The highest BCUT2D eigenvalue weighted by atomic mass is 35.5. The Labute approximate surface area is 158 Å². The predicted molar refractivity (Wildman–Crippen MR) is 102 cm³/mol. The van der Waals surface area contributed by atoms with Crippen molar-refractivity contribution in [2.75, 3.05) is 11.1 Å². The second-order valence-electron chi connectivity index (χ2n) is 5.21. The Balaban J connectivity index is 1.68. The summed E-state index contributed by atoms with van der Waals surface area (Å²) in [7, 11) is -3.73. The number of benzene rings is 1. The van der Waals surface area contributed by atoms with Crippen molar-refractivity contribution in [1.82, 2.24) is 4.98 Å². The lowest BCUT2D eigenvalue weighted by atomic mass is 10.4. The minimum absolute atomic E-state index is 0.0564. The summed E-state index contributed by atoms with van der Waals surface area (Å²) in [5, 5.41) is 5.18. The first-order chi connectivity index (χ1) is 11.8. The van der Waals surface area contributed by atoms with E-state index in [9.17, 15) is 13.2 Å². The van der Waals surface area contributed by atoms with Crippen molar-refractivity contribution in [3.8, 4) is 10.6 Å². The summed E-state index contributed by atoms with van der Waals surface area (Å²) in [6, 6.07) is 9.67. The second kappa shape index (κ2) is 7.25. The number of rotatable bonds is 5. The number of hydrogen-bond acceptors (Lipinski definition) is 6. The summed E-state index contributed by atoms with van der Waals surface area (Å²) >= 11 is 8.61. The van der Waals surface area contributed by atoms with Crippen molar-refractivity contribution < 1.29 is 13.2 Å². The molecule has 0 unspecified atom stereocenters. The Bertz CT molecular complexity index is 1010. The van der Waals surface area contributed by atoms with E-state index in [2.05, 4.69) is 10.3 Å². The van der Waals surface area contributed by atoms with E-state index < -0.39 is 21.5 Å². The number of carbonyl (C=O) groups excluding carboxylic acids is 1. The van der Waals surface area contributed by atoms with Crippen LogP contribution in [-0.2, 0) is 14.6 Å². The third-order valence-electron chi connectivity index (χ3n) is 3.24. The summed E-state index contributed by atoms with van der Waals surface area (Å²) in [6.07, 6.45) is 0. The molecule has 25 heavy (non-hydrogen) atoms. The normalized spacial score (nSPS) is 11.4. The first-order valence-electron chi connectivity index (χ1n) is 7.14.